The van der Waals surface area contributed by atoms with Crippen molar-refractivity contribution in [2.45, 2.75) is 12.7 Å². The van der Waals surface area contributed by atoms with E-state index in [9.17, 15) is 18.4 Å². The average molecular weight is 368 g/mol. The minimum Gasteiger partial charge on any atom is -0.365 e. The maximum absolute atomic E-state index is 13.5. The molecule has 0 saturated carbocycles. The lowest BCUT2D eigenvalue weighted by Crippen LogP contribution is -2.13. The highest BCUT2D eigenvalue weighted by molar-refractivity contribution is 5.85. The zero-order chi connectivity index (χ0) is 19.0. The van der Waals surface area contributed by atoms with Gasteiger partial charge in [0.05, 0.1) is 35.0 Å². The Morgan fingerprint density at radius 3 is 2.70 bits per heavy atom. The van der Waals surface area contributed by atoms with Gasteiger partial charge in [0, 0.05) is 12.4 Å². The zero-order valence-corrected chi connectivity index (χ0v) is 13.7. The van der Waals surface area contributed by atoms with E-state index in [-0.39, 0.29) is 18.0 Å². The number of nitrogens with zero attached hydrogens (tertiary/aromatic N) is 5. The van der Waals surface area contributed by atoms with Gasteiger partial charge in [-0.25, -0.2) is 4.98 Å². The van der Waals surface area contributed by atoms with Gasteiger partial charge < -0.3 is 5.32 Å². The van der Waals surface area contributed by atoms with E-state index in [0.717, 1.165) is 6.07 Å². The Morgan fingerprint density at radius 2 is 2.00 bits per heavy atom. The van der Waals surface area contributed by atoms with Crippen LogP contribution in [0.15, 0.2) is 48.9 Å². The van der Waals surface area contributed by atoms with Gasteiger partial charge in [0.15, 0.2) is 5.65 Å². The summed E-state index contributed by atoms with van der Waals surface area (Å²) in [7, 11) is 0. The van der Waals surface area contributed by atoms with Crippen molar-refractivity contribution in [3.63, 3.8) is 0 Å². The highest BCUT2D eigenvalue weighted by atomic mass is 19.4. The number of benzene rings is 1. The molecule has 1 aromatic carbocycles. The molecule has 3 aromatic heterocycles. The number of nitriles is 1. The highest BCUT2D eigenvalue weighted by Gasteiger charge is 2.36. The Hall–Kier alpha value is -3.67. The first-order valence-corrected chi connectivity index (χ1v) is 7.89. The second-order valence-electron chi connectivity index (χ2n) is 5.74. The molecular formula is C18H11F3N6. The third-order valence-corrected chi connectivity index (χ3v) is 4.06. The fourth-order valence-corrected chi connectivity index (χ4v) is 2.90. The fraction of sp³-hybridized carbons (Fsp3) is 0.111. The van der Waals surface area contributed by atoms with E-state index in [2.05, 4.69) is 20.3 Å². The predicted molar refractivity (Wildman–Crippen MR) is 91.8 cm³/mol. The maximum atomic E-state index is 13.5. The Morgan fingerprint density at radius 1 is 1.19 bits per heavy atom. The van der Waals surface area contributed by atoms with Gasteiger partial charge in [-0.2, -0.15) is 18.4 Å². The molecule has 0 spiro atoms. The van der Waals surface area contributed by atoms with E-state index in [1.54, 1.807) is 30.3 Å². The van der Waals surface area contributed by atoms with Crippen molar-refractivity contribution in [3.8, 4) is 6.07 Å². The third kappa shape index (κ3) is 2.91. The lowest BCUT2D eigenvalue weighted by atomic mass is 10.1. The maximum Gasteiger partial charge on any atom is 0.417 e. The summed E-state index contributed by atoms with van der Waals surface area (Å²) in [5.74, 6) is 0.163. The summed E-state index contributed by atoms with van der Waals surface area (Å²) in [5, 5.41) is 12.3. The van der Waals surface area contributed by atoms with Crippen LogP contribution in [0.25, 0.3) is 16.7 Å². The molecule has 27 heavy (non-hydrogen) atoms. The lowest BCUT2D eigenvalue weighted by molar-refractivity contribution is -0.137. The van der Waals surface area contributed by atoms with Crippen LogP contribution in [0.5, 0.6) is 0 Å². The third-order valence-electron chi connectivity index (χ3n) is 4.06. The molecule has 0 aliphatic carbocycles. The number of nitrogens with one attached hydrogen (secondary N) is 1. The summed E-state index contributed by atoms with van der Waals surface area (Å²) in [4.78, 5) is 12.3. The van der Waals surface area contributed by atoms with Crippen molar-refractivity contribution >= 4 is 22.5 Å². The molecule has 0 atom stereocenters. The lowest BCUT2D eigenvalue weighted by Gasteiger charge is -2.15. The number of hydrogen-bond donors (Lipinski definition) is 1. The number of imidazole rings is 1. The van der Waals surface area contributed by atoms with E-state index < -0.39 is 17.3 Å². The highest BCUT2D eigenvalue weighted by Crippen LogP contribution is 2.37. The van der Waals surface area contributed by atoms with Gasteiger partial charge in [0.2, 0.25) is 0 Å². The molecule has 0 fully saturated rings. The molecule has 0 aliphatic rings. The summed E-state index contributed by atoms with van der Waals surface area (Å²) >= 11 is 0. The number of pyridine rings is 1. The van der Waals surface area contributed by atoms with Gasteiger partial charge in [-0.3, -0.25) is 14.4 Å². The van der Waals surface area contributed by atoms with Crippen LogP contribution >= 0.6 is 0 Å². The number of alkyl halides is 3. The van der Waals surface area contributed by atoms with Crippen molar-refractivity contribution in [2.75, 3.05) is 5.32 Å². The van der Waals surface area contributed by atoms with Gasteiger partial charge in [0.1, 0.15) is 17.5 Å². The number of rotatable bonds is 3. The molecule has 4 rings (SSSR count). The molecule has 0 radical (unpaired) electrons. The van der Waals surface area contributed by atoms with Gasteiger partial charge >= 0.3 is 6.18 Å². The summed E-state index contributed by atoms with van der Waals surface area (Å²) in [6.45, 7) is 0.165. The minimum atomic E-state index is -4.69. The number of para-hydroxylation sites is 2. The summed E-state index contributed by atoms with van der Waals surface area (Å²) in [6, 6.07) is 9.49. The van der Waals surface area contributed by atoms with Crippen molar-refractivity contribution < 1.29 is 13.2 Å². The molecule has 0 bridgehead atoms. The van der Waals surface area contributed by atoms with Gasteiger partial charge in [0.25, 0.3) is 0 Å². The Balaban J connectivity index is 1.96. The molecular weight excluding hydrogens is 357 g/mol. The smallest absolute Gasteiger partial charge is 0.365 e. The van der Waals surface area contributed by atoms with Crippen LogP contribution in [0.3, 0.4) is 0 Å². The summed E-state index contributed by atoms with van der Waals surface area (Å²) in [5.41, 5.74) is 0.0663. The topological polar surface area (TPSA) is 78.9 Å². The fourth-order valence-electron chi connectivity index (χ4n) is 2.90. The zero-order valence-electron chi connectivity index (χ0n) is 13.7. The molecule has 0 saturated heterocycles. The van der Waals surface area contributed by atoms with E-state index in [4.69, 9.17) is 0 Å². The normalized spacial score (nSPS) is 11.6. The summed E-state index contributed by atoms with van der Waals surface area (Å²) < 4.78 is 42.1. The number of anilines is 1. The molecule has 0 unspecified atom stereocenters. The van der Waals surface area contributed by atoms with Crippen LogP contribution in [-0.2, 0) is 12.7 Å². The first kappa shape index (κ1) is 16.8. The van der Waals surface area contributed by atoms with Crippen molar-refractivity contribution in [1.82, 2.24) is 19.4 Å². The minimum absolute atomic E-state index is 0.0461. The predicted octanol–water partition coefficient (Wildman–Crippen LogP) is 3.78. The van der Waals surface area contributed by atoms with Crippen molar-refractivity contribution in [3.05, 3.63) is 65.7 Å². The van der Waals surface area contributed by atoms with E-state index in [1.165, 1.54) is 23.0 Å². The first-order chi connectivity index (χ1) is 13.0. The molecule has 4 aromatic rings. The number of fused-ring (bicyclic) bond motifs is 3. The van der Waals surface area contributed by atoms with Crippen LogP contribution in [0.1, 0.15) is 16.8 Å². The van der Waals surface area contributed by atoms with Crippen LogP contribution in [-0.4, -0.2) is 19.4 Å². The molecule has 134 valence electrons. The second kappa shape index (κ2) is 6.25. The molecule has 6 nitrogen and oxygen atoms in total. The van der Waals surface area contributed by atoms with Crippen LogP contribution < -0.4 is 5.32 Å². The molecule has 0 amide bonds. The quantitative estimate of drug-likeness (QED) is 0.595. The largest absolute Gasteiger partial charge is 0.417 e. The summed E-state index contributed by atoms with van der Waals surface area (Å²) in [6.07, 6.45) is -0.161. The van der Waals surface area contributed by atoms with E-state index in [0.29, 0.717) is 16.7 Å². The second-order valence-corrected chi connectivity index (χ2v) is 5.74. The standard InChI is InChI=1S/C18H11F3N6/c19-18(20,21)13-7-16(25-10-11-9-23-5-6-24-11)27-15-4-2-1-3-14(15)26-17(27)12(13)8-22/h1-7,9,25H,10H2. The van der Waals surface area contributed by atoms with Crippen LogP contribution in [0.4, 0.5) is 19.0 Å². The first-order valence-electron chi connectivity index (χ1n) is 7.89. The van der Waals surface area contributed by atoms with Gasteiger partial charge in [-0.15, -0.1) is 0 Å². The van der Waals surface area contributed by atoms with Crippen molar-refractivity contribution in [2.24, 2.45) is 0 Å². The number of hydrogen-bond acceptors (Lipinski definition) is 5. The van der Waals surface area contributed by atoms with Gasteiger partial charge in [-0.05, 0) is 18.2 Å². The molecule has 3 heterocycles. The van der Waals surface area contributed by atoms with Crippen LogP contribution in [0, 0.1) is 11.3 Å². The Bertz CT molecular complexity index is 1180. The monoisotopic (exact) mass is 368 g/mol. The average Bonchev–Trinajstić information content (AvgIpc) is 3.05. The number of halogens is 3. The number of aromatic nitrogens is 4. The Kier molecular flexibility index (Phi) is 3.88. The molecule has 1 N–H and O–H groups in total. The van der Waals surface area contributed by atoms with Gasteiger partial charge in [-0.1, -0.05) is 12.1 Å². The SMILES string of the molecule is N#Cc1c(C(F)(F)F)cc(NCc2cnccn2)n2c1nc1ccccc12. The van der Waals surface area contributed by atoms with E-state index in [1.807, 2.05) is 0 Å². The Labute approximate surface area is 150 Å². The van der Waals surface area contributed by atoms with Crippen LogP contribution in [0.2, 0.25) is 0 Å². The van der Waals surface area contributed by atoms with E-state index >= 15 is 0 Å². The molecule has 0 aliphatic heterocycles. The van der Waals surface area contributed by atoms with Crippen molar-refractivity contribution in [1.29, 1.82) is 5.26 Å². The molecule has 9 heteroatoms.